The van der Waals surface area contributed by atoms with Crippen LogP contribution in [-0.2, 0) is 26.2 Å². The van der Waals surface area contributed by atoms with Gasteiger partial charge in [-0.05, 0) is 69.7 Å². The van der Waals surface area contributed by atoms with Gasteiger partial charge in [-0.2, -0.15) is 0 Å². The van der Waals surface area contributed by atoms with Gasteiger partial charge in [-0.25, -0.2) is 12.8 Å². The SMILES string of the molecule is CCCCNC(=O)C(C)N(Cc1ccccc1F)C(=O)CN(c1ccc(C)cc1)S(=O)(=O)c1ccc(OCC)cc1. The molecule has 0 bridgehead atoms. The van der Waals surface area contributed by atoms with Gasteiger partial charge >= 0.3 is 0 Å². The number of carbonyl (C=O) groups is 2. The van der Waals surface area contributed by atoms with Crippen LogP contribution >= 0.6 is 0 Å². The van der Waals surface area contributed by atoms with Crippen molar-refractivity contribution in [1.29, 1.82) is 0 Å². The molecule has 0 radical (unpaired) electrons. The highest BCUT2D eigenvalue weighted by molar-refractivity contribution is 7.92. The van der Waals surface area contributed by atoms with E-state index in [1.165, 1.54) is 35.2 Å². The first kappa shape index (κ1) is 31.6. The molecule has 2 amide bonds. The van der Waals surface area contributed by atoms with E-state index in [9.17, 15) is 22.4 Å². The molecule has 0 spiro atoms. The molecule has 1 unspecified atom stereocenters. The molecule has 8 nitrogen and oxygen atoms in total. The fourth-order valence-corrected chi connectivity index (χ4v) is 5.58. The van der Waals surface area contributed by atoms with E-state index in [1.54, 1.807) is 49.4 Å². The largest absolute Gasteiger partial charge is 0.494 e. The number of rotatable bonds is 14. The molecule has 220 valence electrons. The predicted molar refractivity (Wildman–Crippen MR) is 158 cm³/mol. The lowest BCUT2D eigenvalue weighted by molar-refractivity contribution is -0.139. The fraction of sp³-hybridized carbons (Fsp3) is 0.355. The maximum absolute atomic E-state index is 14.6. The third-order valence-corrected chi connectivity index (χ3v) is 8.41. The standard InChI is InChI=1S/C31H38FN3O5S/c1-5-7-20-33-31(37)24(4)34(21-25-10-8-9-11-29(25)32)30(36)22-35(26-14-12-23(3)13-15-26)41(38,39)28-18-16-27(17-19-28)40-6-2/h8-19,24H,5-7,20-22H2,1-4H3,(H,33,37). The maximum atomic E-state index is 14.6. The van der Waals surface area contributed by atoms with Gasteiger partial charge in [0, 0.05) is 18.7 Å². The predicted octanol–water partition coefficient (Wildman–Crippen LogP) is 5.06. The second kappa shape index (κ2) is 14.6. The molecule has 0 aliphatic heterocycles. The molecule has 0 aromatic heterocycles. The second-order valence-corrected chi connectivity index (χ2v) is 11.5. The Balaban J connectivity index is 2.00. The molecule has 0 saturated heterocycles. The highest BCUT2D eigenvalue weighted by Gasteiger charge is 2.32. The van der Waals surface area contributed by atoms with Crippen LogP contribution in [0, 0.1) is 12.7 Å². The first-order valence-corrected chi connectivity index (χ1v) is 15.1. The normalized spacial score (nSPS) is 11.9. The molecule has 0 aliphatic rings. The molecule has 3 rings (SSSR count). The molecule has 3 aromatic carbocycles. The maximum Gasteiger partial charge on any atom is 0.264 e. The number of carbonyl (C=O) groups excluding carboxylic acids is 2. The summed E-state index contributed by atoms with van der Waals surface area (Å²) in [6.07, 6.45) is 1.64. The number of anilines is 1. The van der Waals surface area contributed by atoms with Crippen LogP contribution in [0.1, 0.15) is 44.7 Å². The monoisotopic (exact) mass is 583 g/mol. The summed E-state index contributed by atoms with van der Waals surface area (Å²) in [7, 11) is -4.22. The Hall–Kier alpha value is -3.92. The number of ether oxygens (including phenoxy) is 1. The fourth-order valence-electron chi connectivity index (χ4n) is 4.17. The van der Waals surface area contributed by atoms with Crippen molar-refractivity contribution in [2.24, 2.45) is 0 Å². The van der Waals surface area contributed by atoms with Crippen LogP contribution in [0.2, 0.25) is 0 Å². The number of sulfonamides is 1. The van der Waals surface area contributed by atoms with Gasteiger partial charge in [-0.3, -0.25) is 13.9 Å². The molecule has 0 saturated carbocycles. The van der Waals surface area contributed by atoms with E-state index < -0.39 is 40.2 Å². The Labute approximate surface area is 242 Å². The summed E-state index contributed by atoms with van der Waals surface area (Å²) in [5, 5.41) is 2.81. The minimum Gasteiger partial charge on any atom is -0.494 e. The topological polar surface area (TPSA) is 96.0 Å². The molecule has 3 aromatic rings. The summed E-state index contributed by atoms with van der Waals surface area (Å²) in [4.78, 5) is 28.1. The number of hydrogen-bond acceptors (Lipinski definition) is 5. The number of amides is 2. The summed E-state index contributed by atoms with van der Waals surface area (Å²) in [6, 6.07) is 17.7. The minimum absolute atomic E-state index is 0.0275. The van der Waals surface area contributed by atoms with Crippen LogP contribution in [-0.4, -0.2) is 50.9 Å². The van der Waals surface area contributed by atoms with Gasteiger partial charge in [0.15, 0.2) is 0 Å². The third kappa shape index (κ3) is 8.29. The van der Waals surface area contributed by atoms with Crippen LogP contribution in [0.15, 0.2) is 77.7 Å². The quantitative estimate of drug-likeness (QED) is 0.268. The smallest absolute Gasteiger partial charge is 0.264 e. The van der Waals surface area contributed by atoms with Gasteiger partial charge in [-0.1, -0.05) is 49.2 Å². The summed E-state index contributed by atoms with van der Waals surface area (Å²) in [5.41, 5.74) is 1.41. The molecule has 41 heavy (non-hydrogen) atoms. The van der Waals surface area contributed by atoms with E-state index >= 15 is 0 Å². The molecule has 0 heterocycles. The summed E-state index contributed by atoms with van der Waals surface area (Å²) < 4.78 is 48.9. The Bertz CT molecular complexity index is 1410. The Morgan fingerprint density at radius 1 is 0.976 bits per heavy atom. The first-order chi connectivity index (χ1) is 19.6. The highest BCUT2D eigenvalue weighted by Crippen LogP contribution is 2.26. The van der Waals surface area contributed by atoms with Crippen LogP contribution in [0.4, 0.5) is 10.1 Å². The van der Waals surface area contributed by atoms with Crippen molar-refractivity contribution in [3.63, 3.8) is 0 Å². The Morgan fingerprint density at radius 3 is 2.24 bits per heavy atom. The average Bonchev–Trinajstić information content (AvgIpc) is 2.96. The molecular weight excluding hydrogens is 545 g/mol. The highest BCUT2D eigenvalue weighted by atomic mass is 32.2. The average molecular weight is 584 g/mol. The van der Waals surface area contributed by atoms with Crippen molar-refractivity contribution in [3.05, 3.63) is 89.7 Å². The summed E-state index contributed by atoms with van der Waals surface area (Å²) in [6.45, 7) is 7.30. The van der Waals surface area contributed by atoms with Crippen molar-refractivity contribution < 1.29 is 27.1 Å². The number of aryl methyl sites for hydroxylation is 1. The van der Waals surface area contributed by atoms with E-state index in [0.29, 0.717) is 18.9 Å². The molecular formula is C31H38FN3O5S. The van der Waals surface area contributed by atoms with Crippen molar-refractivity contribution >= 4 is 27.5 Å². The van der Waals surface area contributed by atoms with E-state index in [1.807, 2.05) is 20.8 Å². The van der Waals surface area contributed by atoms with Gasteiger partial charge in [0.1, 0.15) is 24.2 Å². The van der Waals surface area contributed by atoms with Crippen molar-refractivity contribution in [1.82, 2.24) is 10.2 Å². The van der Waals surface area contributed by atoms with E-state index in [4.69, 9.17) is 4.74 Å². The molecule has 1 atom stereocenters. The second-order valence-electron chi connectivity index (χ2n) is 9.69. The van der Waals surface area contributed by atoms with Gasteiger partial charge in [0.2, 0.25) is 11.8 Å². The third-order valence-electron chi connectivity index (χ3n) is 6.62. The number of nitrogens with zero attached hydrogens (tertiary/aromatic N) is 2. The Kier molecular flexibility index (Phi) is 11.3. The zero-order valence-corrected chi connectivity index (χ0v) is 24.8. The number of hydrogen-bond donors (Lipinski definition) is 1. The number of halogens is 1. The van der Waals surface area contributed by atoms with E-state index in [0.717, 1.165) is 22.7 Å². The molecule has 1 N–H and O–H groups in total. The number of unbranched alkanes of at least 4 members (excludes halogenated alkanes) is 1. The van der Waals surface area contributed by atoms with Gasteiger partial charge in [0.25, 0.3) is 10.0 Å². The first-order valence-electron chi connectivity index (χ1n) is 13.7. The minimum atomic E-state index is -4.22. The zero-order chi connectivity index (χ0) is 30.0. The zero-order valence-electron chi connectivity index (χ0n) is 24.0. The van der Waals surface area contributed by atoms with Crippen LogP contribution in [0.3, 0.4) is 0 Å². The summed E-state index contributed by atoms with van der Waals surface area (Å²) in [5.74, 6) is -1.06. The van der Waals surface area contributed by atoms with Crippen LogP contribution in [0.25, 0.3) is 0 Å². The number of benzene rings is 3. The Morgan fingerprint density at radius 2 is 1.63 bits per heavy atom. The lowest BCUT2D eigenvalue weighted by Crippen LogP contribution is -2.51. The van der Waals surface area contributed by atoms with Crippen molar-refractivity contribution in [2.75, 3.05) is 24.0 Å². The molecule has 10 heteroatoms. The van der Waals surface area contributed by atoms with E-state index in [2.05, 4.69) is 5.32 Å². The van der Waals surface area contributed by atoms with Crippen LogP contribution < -0.4 is 14.4 Å². The summed E-state index contributed by atoms with van der Waals surface area (Å²) >= 11 is 0. The van der Waals surface area contributed by atoms with Crippen molar-refractivity contribution in [2.45, 2.75) is 58.0 Å². The van der Waals surface area contributed by atoms with Gasteiger partial charge < -0.3 is 15.0 Å². The van der Waals surface area contributed by atoms with Crippen molar-refractivity contribution in [3.8, 4) is 5.75 Å². The van der Waals surface area contributed by atoms with E-state index in [-0.39, 0.29) is 22.7 Å². The van der Waals surface area contributed by atoms with Gasteiger partial charge in [0.05, 0.1) is 17.2 Å². The van der Waals surface area contributed by atoms with Gasteiger partial charge in [-0.15, -0.1) is 0 Å². The lowest BCUT2D eigenvalue weighted by atomic mass is 10.1. The molecule has 0 aliphatic carbocycles. The number of nitrogens with one attached hydrogen (secondary N) is 1. The lowest BCUT2D eigenvalue weighted by Gasteiger charge is -2.32. The van der Waals surface area contributed by atoms with Crippen LogP contribution in [0.5, 0.6) is 5.75 Å². The molecule has 0 fully saturated rings.